The van der Waals surface area contributed by atoms with Gasteiger partial charge in [-0.05, 0) is 44.0 Å². The van der Waals surface area contributed by atoms with Gasteiger partial charge in [-0.15, -0.1) is 0 Å². The molecule has 0 spiro atoms. The number of piperidine rings is 1. The number of hydrogen-bond donors (Lipinski definition) is 1. The number of likely N-dealkylation sites (tertiary alicyclic amines) is 1. The van der Waals surface area contributed by atoms with Crippen LogP contribution in [0.3, 0.4) is 0 Å². The molecule has 1 aromatic rings. The van der Waals surface area contributed by atoms with E-state index >= 15 is 0 Å². The van der Waals surface area contributed by atoms with Crippen LogP contribution < -0.4 is 5.32 Å². The molecule has 1 unspecified atom stereocenters. The predicted octanol–water partition coefficient (Wildman–Crippen LogP) is 1.70. The van der Waals surface area contributed by atoms with Crippen LogP contribution in [0.1, 0.15) is 25.3 Å². The van der Waals surface area contributed by atoms with Gasteiger partial charge in [0.1, 0.15) is 0 Å². The fourth-order valence-corrected chi connectivity index (χ4v) is 2.55. The Bertz CT molecular complexity index is 311. The van der Waals surface area contributed by atoms with Crippen LogP contribution >= 0.6 is 0 Å². The third-order valence-corrected chi connectivity index (χ3v) is 3.44. The van der Waals surface area contributed by atoms with E-state index in [0.717, 1.165) is 19.5 Å². The summed E-state index contributed by atoms with van der Waals surface area (Å²) in [6.07, 6.45) is 7.59. The lowest BCUT2D eigenvalue weighted by Gasteiger charge is -2.33. The molecule has 1 N–H and O–H groups in total. The molecule has 1 fully saturated rings. The number of rotatable bonds is 5. The lowest BCUT2D eigenvalue weighted by atomic mass is 10.0. The second-order valence-corrected chi connectivity index (χ2v) is 4.81. The maximum atomic E-state index is 4.16. The van der Waals surface area contributed by atoms with Crippen LogP contribution in [0.5, 0.6) is 0 Å². The van der Waals surface area contributed by atoms with Crippen molar-refractivity contribution in [2.24, 2.45) is 0 Å². The van der Waals surface area contributed by atoms with Crippen molar-refractivity contribution >= 4 is 0 Å². The normalized spacial score (nSPS) is 21.6. The van der Waals surface area contributed by atoms with Crippen molar-refractivity contribution in [3.05, 3.63) is 30.1 Å². The zero-order valence-electron chi connectivity index (χ0n) is 10.7. The molecule has 1 aromatic heterocycles. The van der Waals surface area contributed by atoms with Crippen molar-refractivity contribution in [1.29, 1.82) is 0 Å². The third-order valence-electron chi connectivity index (χ3n) is 3.44. The highest BCUT2D eigenvalue weighted by atomic mass is 15.2. The summed E-state index contributed by atoms with van der Waals surface area (Å²) in [7, 11) is 0. The second-order valence-electron chi connectivity index (χ2n) is 4.81. The van der Waals surface area contributed by atoms with Crippen molar-refractivity contribution in [3.63, 3.8) is 0 Å². The van der Waals surface area contributed by atoms with Crippen molar-refractivity contribution < 1.29 is 0 Å². The number of pyridine rings is 1. The number of nitrogens with zero attached hydrogens (tertiary/aromatic N) is 2. The molecule has 0 radical (unpaired) electrons. The van der Waals surface area contributed by atoms with Gasteiger partial charge in [0, 0.05) is 31.5 Å². The van der Waals surface area contributed by atoms with E-state index in [9.17, 15) is 0 Å². The topological polar surface area (TPSA) is 28.2 Å². The molecule has 0 aliphatic carbocycles. The summed E-state index contributed by atoms with van der Waals surface area (Å²) in [5.41, 5.74) is 1.35. The number of likely N-dealkylation sites (N-methyl/N-ethyl adjacent to an activating group) is 1. The van der Waals surface area contributed by atoms with Gasteiger partial charge in [-0.2, -0.15) is 0 Å². The highest BCUT2D eigenvalue weighted by Gasteiger charge is 2.18. The van der Waals surface area contributed by atoms with Crippen molar-refractivity contribution in [2.45, 2.75) is 32.2 Å². The van der Waals surface area contributed by atoms with Crippen LogP contribution in [0.4, 0.5) is 0 Å². The van der Waals surface area contributed by atoms with Crippen LogP contribution in [-0.2, 0) is 6.42 Å². The van der Waals surface area contributed by atoms with Crippen LogP contribution in [0.2, 0.25) is 0 Å². The summed E-state index contributed by atoms with van der Waals surface area (Å²) in [5, 5.41) is 3.56. The molecule has 0 aromatic carbocycles. The molecule has 3 heteroatoms. The van der Waals surface area contributed by atoms with Gasteiger partial charge < -0.3 is 10.2 Å². The number of nitrogens with one attached hydrogen (secondary N) is 1. The van der Waals surface area contributed by atoms with Crippen molar-refractivity contribution in [1.82, 2.24) is 15.2 Å². The first-order valence-electron chi connectivity index (χ1n) is 6.73. The molecule has 94 valence electrons. The molecule has 0 amide bonds. The largest absolute Gasteiger partial charge is 0.313 e. The van der Waals surface area contributed by atoms with Crippen molar-refractivity contribution in [3.8, 4) is 0 Å². The van der Waals surface area contributed by atoms with Gasteiger partial charge in [-0.1, -0.05) is 13.0 Å². The summed E-state index contributed by atoms with van der Waals surface area (Å²) >= 11 is 0. The van der Waals surface area contributed by atoms with Crippen molar-refractivity contribution in [2.75, 3.05) is 26.2 Å². The Kier molecular flexibility index (Phi) is 4.95. The van der Waals surface area contributed by atoms with Crippen LogP contribution in [-0.4, -0.2) is 42.1 Å². The molecule has 0 saturated carbocycles. The Morgan fingerprint density at radius 2 is 2.47 bits per heavy atom. The molecular weight excluding hydrogens is 210 g/mol. The Balaban J connectivity index is 1.75. The minimum Gasteiger partial charge on any atom is -0.313 e. The predicted molar refractivity (Wildman–Crippen MR) is 71.1 cm³/mol. The molecule has 1 saturated heterocycles. The van der Waals surface area contributed by atoms with Gasteiger partial charge in [0.15, 0.2) is 0 Å². The summed E-state index contributed by atoms with van der Waals surface area (Å²) in [6, 6.07) is 4.88. The average molecular weight is 233 g/mol. The van der Waals surface area contributed by atoms with E-state index in [1.54, 1.807) is 0 Å². The van der Waals surface area contributed by atoms with E-state index < -0.39 is 0 Å². The molecule has 1 aliphatic heterocycles. The fraction of sp³-hybridized carbons (Fsp3) is 0.643. The van der Waals surface area contributed by atoms with Crippen LogP contribution in [0, 0.1) is 0 Å². The molecule has 2 heterocycles. The summed E-state index contributed by atoms with van der Waals surface area (Å²) in [6.45, 7) is 6.89. The maximum absolute atomic E-state index is 4.16. The summed E-state index contributed by atoms with van der Waals surface area (Å²) < 4.78 is 0. The highest BCUT2D eigenvalue weighted by molar-refractivity contribution is 5.08. The van der Waals surface area contributed by atoms with Gasteiger partial charge in [0.05, 0.1) is 0 Å². The lowest BCUT2D eigenvalue weighted by molar-refractivity contribution is 0.194. The third kappa shape index (κ3) is 4.10. The van der Waals surface area contributed by atoms with E-state index in [1.807, 2.05) is 18.5 Å². The zero-order chi connectivity index (χ0) is 11.9. The minimum atomic E-state index is 0.697. The highest BCUT2D eigenvalue weighted by Crippen LogP contribution is 2.10. The monoisotopic (exact) mass is 233 g/mol. The van der Waals surface area contributed by atoms with Crippen LogP contribution in [0.15, 0.2) is 24.5 Å². The van der Waals surface area contributed by atoms with E-state index in [0.29, 0.717) is 6.04 Å². The summed E-state index contributed by atoms with van der Waals surface area (Å²) in [4.78, 5) is 6.74. The van der Waals surface area contributed by atoms with Gasteiger partial charge in [-0.25, -0.2) is 0 Å². The molecule has 1 atom stereocenters. The molecule has 3 nitrogen and oxygen atoms in total. The molecule has 0 bridgehead atoms. The SMILES string of the molecule is CCNC1CCCN(CCc2cccnc2)C1. The van der Waals surface area contributed by atoms with Gasteiger partial charge in [-0.3, -0.25) is 4.98 Å². The summed E-state index contributed by atoms with van der Waals surface area (Å²) in [5.74, 6) is 0. The molecular formula is C14H23N3. The van der Waals surface area contributed by atoms with E-state index in [-0.39, 0.29) is 0 Å². The number of hydrogen-bond acceptors (Lipinski definition) is 3. The zero-order valence-corrected chi connectivity index (χ0v) is 10.7. The van der Waals surface area contributed by atoms with E-state index in [2.05, 4.69) is 28.2 Å². The average Bonchev–Trinajstić information content (AvgIpc) is 2.39. The smallest absolute Gasteiger partial charge is 0.0300 e. The molecule has 17 heavy (non-hydrogen) atoms. The van der Waals surface area contributed by atoms with Gasteiger partial charge in [0.2, 0.25) is 0 Å². The first-order chi connectivity index (χ1) is 8.38. The Hall–Kier alpha value is -0.930. The molecule has 1 aliphatic rings. The van der Waals surface area contributed by atoms with Gasteiger partial charge in [0.25, 0.3) is 0 Å². The molecule has 2 rings (SSSR count). The first kappa shape index (κ1) is 12.5. The minimum absolute atomic E-state index is 0.697. The Labute approximate surface area is 104 Å². The lowest BCUT2D eigenvalue weighted by Crippen LogP contribution is -2.46. The van der Waals surface area contributed by atoms with Crippen LogP contribution in [0.25, 0.3) is 0 Å². The maximum Gasteiger partial charge on any atom is 0.0300 e. The first-order valence-corrected chi connectivity index (χ1v) is 6.73. The Morgan fingerprint density at radius 3 is 3.24 bits per heavy atom. The second kappa shape index (κ2) is 6.72. The fourth-order valence-electron chi connectivity index (χ4n) is 2.55. The standard InChI is InChI=1S/C14H23N3/c1-2-16-14-6-4-9-17(12-14)10-7-13-5-3-8-15-11-13/h3,5,8,11,14,16H,2,4,6-7,9-10,12H2,1H3. The van der Waals surface area contributed by atoms with E-state index in [1.165, 1.54) is 31.5 Å². The van der Waals surface area contributed by atoms with E-state index in [4.69, 9.17) is 0 Å². The quantitative estimate of drug-likeness (QED) is 0.839. The Morgan fingerprint density at radius 1 is 1.53 bits per heavy atom. The van der Waals surface area contributed by atoms with Gasteiger partial charge >= 0.3 is 0 Å². The number of aromatic nitrogens is 1.